The lowest BCUT2D eigenvalue weighted by atomic mass is 9.88. The van der Waals surface area contributed by atoms with Gasteiger partial charge in [-0.25, -0.2) is 13.4 Å². The molecular formula is C15H20N4O3S. The van der Waals surface area contributed by atoms with Crippen molar-refractivity contribution in [2.24, 2.45) is 7.05 Å². The van der Waals surface area contributed by atoms with Gasteiger partial charge in [-0.2, -0.15) is 4.31 Å². The van der Waals surface area contributed by atoms with Crippen LogP contribution in [0.4, 0.5) is 0 Å². The number of aromatic nitrogens is 3. The van der Waals surface area contributed by atoms with Crippen molar-refractivity contribution in [3.63, 3.8) is 0 Å². The summed E-state index contributed by atoms with van der Waals surface area (Å²) in [7, 11) is -1.88. The minimum atomic E-state index is -3.61. The Kier molecular flexibility index (Phi) is 3.99. The van der Waals surface area contributed by atoms with Gasteiger partial charge in [0.2, 0.25) is 0 Å². The van der Waals surface area contributed by atoms with Crippen LogP contribution in [-0.4, -0.2) is 45.5 Å². The molecule has 0 spiro atoms. The van der Waals surface area contributed by atoms with Crippen LogP contribution in [0.5, 0.6) is 0 Å². The van der Waals surface area contributed by atoms with E-state index in [1.807, 2.05) is 13.0 Å². The van der Waals surface area contributed by atoms with Gasteiger partial charge in [0.15, 0.2) is 5.03 Å². The molecule has 0 aromatic carbocycles. The average Bonchev–Trinajstić information content (AvgIpc) is 2.96. The molecule has 7 nitrogen and oxygen atoms in total. The van der Waals surface area contributed by atoms with Crippen molar-refractivity contribution in [2.75, 3.05) is 13.1 Å². The molecule has 1 saturated heterocycles. The summed E-state index contributed by atoms with van der Waals surface area (Å²) in [5, 5.41) is 10.8. The standard InChI is InChI=1S/C15H20N4O3S/c1-12-3-4-13(16-9-12)15(20)5-7-19(8-6-15)23(21,22)14-10-18(2)11-17-14/h3-4,9-11,20H,5-8H2,1-2H3. The Bertz CT molecular complexity index is 790. The highest BCUT2D eigenvalue weighted by molar-refractivity contribution is 7.89. The van der Waals surface area contributed by atoms with Crippen LogP contribution in [-0.2, 0) is 22.7 Å². The third kappa shape index (κ3) is 3.01. The van der Waals surface area contributed by atoms with Crippen LogP contribution in [0.25, 0.3) is 0 Å². The van der Waals surface area contributed by atoms with Crippen LogP contribution in [0.3, 0.4) is 0 Å². The van der Waals surface area contributed by atoms with Gasteiger partial charge in [-0.15, -0.1) is 0 Å². The number of pyridine rings is 1. The number of nitrogens with zero attached hydrogens (tertiary/aromatic N) is 4. The Balaban J connectivity index is 1.76. The first kappa shape index (κ1) is 16.1. The normalized spacial score (nSPS) is 18.9. The van der Waals surface area contributed by atoms with Gasteiger partial charge in [0, 0.05) is 32.5 Å². The average molecular weight is 336 g/mol. The van der Waals surface area contributed by atoms with Gasteiger partial charge >= 0.3 is 0 Å². The lowest BCUT2D eigenvalue weighted by Crippen LogP contribution is -2.45. The topological polar surface area (TPSA) is 88.3 Å². The molecule has 23 heavy (non-hydrogen) atoms. The van der Waals surface area contributed by atoms with Gasteiger partial charge < -0.3 is 9.67 Å². The quantitative estimate of drug-likeness (QED) is 0.895. The minimum absolute atomic E-state index is 0.0406. The molecule has 1 fully saturated rings. The smallest absolute Gasteiger partial charge is 0.262 e. The molecule has 1 N–H and O–H groups in total. The van der Waals surface area contributed by atoms with E-state index in [2.05, 4.69) is 9.97 Å². The number of rotatable bonds is 3. The van der Waals surface area contributed by atoms with Gasteiger partial charge in [-0.05, 0) is 31.4 Å². The highest BCUT2D eigenvalue weighted by atomic mass is 32.2. The van der Waals surface area contributed by atoms with Gasteiger partial charge in [0.05, 0.1) is 12.0 Å². The van der Waals surface area contributed by atoms with E-state index in [9.17, 15) is 13.5 Å². The molecule has 0 unspecified atom stereocenters. The van der Waals surface area contributed by atoms with E-state index < -0.39 is 15.6 Å². The van der Waals surface area contributed by atoms with E-state index >= 15 is 0 Å². The summed E-state index contributed by atoms with van der Waals surface area (Å²) in [6, 6.07) is 3.70. The summed E-state index contributed by atoms with van der Waals surface area (Å²) in [6.45, 7) is 2.42. The maximum atomic E-state index is 12.5. The summed E-state index contributed by atoms with van der Waals surface area (Å²) in [6.07, 6.45) is 5.29. The van der Waals surface area contributed by atoms with E-state index in [1.165, 1.54) is 16.8 Å². The number of aliphatic hydroxyl groups is 1. The Morgan fingerprint density at radius 2 is 1.91 bits per heavy atom. The summed E-state index contributed by atoms with van der Waals surface area (Å²) < 4.78 is 28.1. The lowest BCUT2D eigenvalue weighted by Gasteiger charge is -2.36. The highest BCUT2D eigenvalue weighted by Crippen LogP contribution is 2.33. The molecule has 0 aliphatic carbocycles. The third-order valence-electron chi connectivity index (χ3n) is 4.22. The monoisotopic (exact) mass is 336 g/mol. The van der Waals surface area contributed by atoms with Crippen molar-refractivity contribution in [3.8, 4) is 0 Å². The fraction of sp³-hybridized carbons (Fsp3) is 0.467. The number of aryl methyl sites for hydroxylation is 2. The van der Waals surface area contributed by atoms with E-state index in [1.54, 1.807) is 23.9 Å². The number of hydrogen-bond donors (Lipinski definition) is 1. The van der Waals surface area contributed by atoms with Gasteiger partial charge in [-0.1, -0.05) is 6.07 Å². The summed E-state index contributed by atoms with van der Waals surface area (Å²) in [5.41, 5.74) is 0.537. The predicted molar refractivity (Wildman–Crippen MR) is 84.1 cm³/mol. The third-order valence-corrected chi connectivity index (χ3v) is 6.01. The maximum absolute atomic E-state index is 12.5. The fourth-order valence-electron chi connectivity index (χ4n) is 2.75. The van der Waals surface area contributed by atoms with E-state index in [4.69, 9.17) is 0 Å². The van der Waals surface area contributed by atoms with Crippen LogP contribution >= 0.6 is 0 Å². The predicted octanol–water partition coefficient (Wildman–Crippen LogP) is 0.796. The fourth-order valence-corrected chi connectivity index (χ4v) is 4.16. The van der Waals surface area contributed by atoms with Crippen LogP contribution in [0, 0.1) is 6.92 Å². The van der Waals surface area contributed by atoms with Gasteiger partial charge in [0.1, 0.15) is 5.60 Å². The van der Waals surface area contributed by atoms with E-state index in [0.717, 1.165) is 5.56 Å². The largest absolute Gasteiger partial charge is 0.383 e. The number of piperidine rings is 1. The molecule has 1 aliphatic heterocycles. The van der Waals surface area contributed by atoms with Crippen LogP contribution < -0.4 is 0 Å². The molecule has 0 radical (unpaired) electrons. The molecule has 3 heterocycles. The first-order valence-electron chi connectivity index (χ1n) is 7.45. The zero-order chi connectivity index (χ0) is 16.7. The zero-order valence-corrected chi connectivity index (χ0v) is 14.0. The molecule has 2 aromatic rings. The van der Waals surface area contributed by atoms with E-state index in [-0.39, 0.29) is 18.1 Å². The molecule has 0 bridgehead atoms. The van der Waals surface area contributed by atoms with Crippen molar-refractivity contribution in [2.45, 2.75) is 30.4 Å². The van der Waals surface area contributed by atoms with Crippen molar-refractivity contribution >= 4 is 10.0 Å². The van der Waals surface area contributed by atoms with Crippen molar-refractivity contribution in [1.82, 2.24) is 18.8 Å². The Morgan fingerprint density at radius 3 is 2.43 bits per heavy atom. The first-order valence-corrected chi connectivity index (χ1v) is 8.89. The molecule has 1 aliphatic rings. The first-order chi connectivity index (χ1) is 10.8. The van der Waals surface area contributed by atoms with Gasteiger partial charge in [-0.3, -0.25) is 4.98 Å². The Morgan fingerprint density at radius 1 is 1.22 bits per heavy atom. The molecule has 0 amide bonds. The molecule has 2 aromatic heterocycles. The molecule has 124 valence electrons. The Labute approximate surface area is 135 Å². The summed E-state index contributed by atoms with van der Waals surface area (Å²) in [5.74, 6) is 0. The zero-order valence-electron chi connectivity index (χ0n) is 13.2. The molecule has 8 heteroatoms. The highest BCUT2D eigenvalue weighted by Gasteiger charge is 2.39. The SMILES string of the molecule is Cc1ccc(C2(O)CCN(S(=O)(=O)c3cn(C)cn3)CC2)nc1. The van der Waals surface area contributed by atoms with Crippen LogP contribution in [0.2, 0.25) is 0 Å². The number of imidazole rings is 1. The maximum Gasteiger partial charge on any atom is 0.262 e. The molecular weight excluding hydrogens is 316 g/mol. The molecule has 0 saturated carbocycles. The van der Waals surface area contributed by atoms with E-state index in [0.29, 0.717) is 18.5 Å². The summed E-state index contributed by atoms with van der Waals surface area (Å²) >= 11 is 0. The van der Waals surface area contributed by atoms with Gasteiger partial charge in [0.25, 0.3) is 10.0 Å². The van der Waals surface area contributed by atoms with Crippen LogP contribution in [0.15, 0.2) is 35.9 Å². The lowest BCUT2D eigenvalue weighted by molar-refractivity contribution is -0.0134. The number of hydrogen-bond acceptors (Lipinski definition) is 5. The van der Waals surface area contributed by atoms with Crippen molar-refractivity contribution in [3.05, 3.63) is 42.1 Å². The second-order valence-corrected chi connectivity index (χ2v) is 7.92. The van der Waals surface area contributed by atoms with Crippen molar-refractivity contribution < 1.29 is 13.5 Å². The molecule has 3 rings (SSSR count). The second-order valence-electron chi connectivity index (χ2n) is 6.03. The van der Waals surface area contributed by atoms with Crippen LogP contribution in [0.1, 0.15) is 24.1 Å². The number of sulfonamides is 1. The Hall–Kier alpha value is -1.77. The molecule has 0 atom stereocenters. The summed E-state index contributed by atoms with van der Waals surface area (Å²) in [4.78, 5) is 8.21. The van der Waals surface area contributed by atoms with Crippen molar-refractivity contribution in [1.29, 1.82) is 0 Å². The minimum Gasteiger partial charge on any atom is -0.383 e. The second kappa shape index (κ2) is 5.70.